The van der Waals surface area contributed by atoms with Gasteiger partial charge in [-0.15, -0.1) is 22.9 Å². The monoisotopic (exact) mass is 158 g/mol. The first-order chi connectivity index (χ1) is 4.34. The predicted octanol–water partition coefficient (Wildman–Crippen LogP) is 1.95. The van der Waals surface area contributed by atoms with Crippen molar-refractivity contribution in [3.05, 3.63) is 16.6 Å². The molecule has 1 unspecified atom stereocenters. The average Bonchev–Trinajstić information content (AvgIpc) is 2.37. The van der Waals surface area contributed by atoms with Gasteiger partial charge in [0.15, 0.2) is 5.38 Å². The van der Waals surface area contributed by atoms with Crippen LogP contribution in [0.25, 0.3) is 0 Å². The van der Waals surface area contributed by atoms with Gasteiger partial charge in [0.25, 0.3) is 0 Å². The van der Waals surface area contributed by atoms with Crippen LogP contribution in [0.4, 0.5) is 0 Å². The zero-order valence-electron chi connectivity index (χ0n) is 4.41. The number of thiazole rings is 1. The van der Waals surface area contributed by atoms with Crippen molar-refractivity contribution < 1.29 is 0 Å². The molecule has 0 aliphatic carbocycles. The topological polar surface area (TPSA) is 36.7 Å². The standard InChI is InChI=1S/C5H3ClN2S/c6-4(1-7)5-2-8-3-9-5/h2-4H. The lowest BCUT2D eigenvalue weighted by molar-refractivity contribution is 1.24. The van der Waals surface area contributed by atoms with Gasteiger partial charge >= 0.3 is 0 Å². The summed E-state index contributed by atoms with van der Waals surface area (Å²) in [5, 5.41) is 7.77. The fourth-order valence-electron chi connectivity index (χ4n) is 0.414. The van der Waals surface area contributed by atoms with Crippen molar-refractivity contribution >= 4 is 22.9 Å². The van der Waals surface area contributed by atoms with Crippen LogP contribution in [0.2, 0.25) is 0 Å². The van der Waals surface area contributed by atoms with Crippen molar-refractivity contribution in [2.75, 3.05) is 0 Å². The molecule has 1 atom stereocenters. The summed E-state index contributed by atoms with van der Waals surface area (Å²) >= 11 is 6.93. The first kappa shape index (κ1) is 6.53. The zero-order valence-corrected chi connectivity index (χ0v) is 5.99. The van der Waals surface area contributed by atoms with E-state index in [0.29, 0.717) is 0 Å². The molecular weight excluding hydrogens is 156 g/mol. The molecule has 0 aromatic carbocycles. The molecule has 1 rings (SSSR count). The van der Waals surface area contributed by atoms with E-state index in [1.54, 1.807) is 11.7 Å². The fraction of sp³-hybridized carbons (Fsp3) is 0.200. The van der Waals surface area contributed by atoms with Crippen LogP contribution in [0.5, 0.6) is 0 Å². The van der Waals surface area contributed by atoms with Gasteiger partial charge in [-0.25, -0.2) is 0 Å². The molecule has 0 N–H and O–H groups in total. The fourth-order valence-corrected chi connectivity index (χ4v) is 1.16. The van der Waals surface area contributed by atoms with E-state index < -0.39 is 5.38 Å². The van der Waals surface area contributed by atoms with Gasteiger partial charge in [-0.05, 0) is 0 Å². The molecule has 0 bridgehead atoms. The lowest BCUT2D eigenvalue weighted by Gasteiger charge is -1.88. The quantitative estimate of drug-likeness (QED) is 0.586. The molecule has 0 aliphatic heterocycles. The molecule has 1 aromatic rings. The van der Waals surface area contributed by atoms with Crippen LogP contribution >= 0.6 is 22.9 Å². The summed E-state index contributed by atoms with van der Waals surface area (Å²) in [4.78, 5) is 4.58. The van der Waals surface area contributed by atoms with Crippen molar-refractivity contribution in [1.29, 1.82) is 5.26 Å². The molecule has 0 fully saturated rings. The van der Waals surface area contributed by atoms with Crippen molar-refractivity contribution in [1.82, 2.24) is 4.98 Å². The number of aromatic nitrogens is 1. The van der Waals surface area contributed by atoms with Crippen LogP contribution in [0, 0.1) is 11.3 Å². The minimum atomic E-state index is -0.530. The Morgan fingerprint density at radius 1 is 1.89 bits per heavy atom. The van der Waals surface area contributed by atoms with E-state index in [1.165, 1.54) is 11.3 Å². The van der Waals surface area contributed by atoms with Gasteiger partial charge in [0.1, 0.15) is 0 Å². The van der Waals surface area contributed by atoms with Crippen molar-refractivity contribution in [3.63, 3.8) is 0 Å². The predicted molar refractivity (Wildman–Crippen MR) is 36.3 cm³/mol. The number of hydrogen-bond donors (Lipinski definition) is 0. The van der Waals surface area contributed by atoms with Crippen LogP contribution in [0.3, 0.4) is 0 Å². The second-order valence-electron chi connectivity index (χ2n) is 1.40. The molecule has 1 heterocycles. The summed E-state index contributed by atoms with van der Waals surface area (Å²) in [6.45, 7) is 0. The first-order valence-electron chi connectivity index (χ1n) is 2.26. The van der Waals surface area contributed by atoms with Crippen molar-refractivity contribution in [2.24, 2.45) is 0 Å². The van der Waals surface area contributed by atoms with Crippen molar-refractivity contribution in [3.8, 4) is 6.07 Å². The highest BCUT2D eigenvalue weighted by molar-refractivity contribution is 7.10. The Morgan fingerprint density at radius 3 is 3.11 bits per heavy atom. The number of nitriles is 1. The first-order valence-corrected chi connectivity index (χ1v) is 3.58. The van der Waals surface area contributed by atoms with Gasteiger partial charge in [0.05, 0.1) is 16.5 Å². The maximum atomic E-state index is 8.30. The van der Waals surface area contributed by atoms with Gasteiger partial charge < -0.3 is 0 Å². The highest BCUT2D eigenvalue weighted by atomic mass is 35.5. The Balaban J connectivity index is 2.80. The highest BCUT2D eigenvalue weighted by Gasteiger charge is 2.05. The van der Waals surface area contributed by atoms with E-state index in [2.05, 4.69) is 4.98 Å². The maximum Gasteiger partial charge on any atom is 0.156 e. The minimum absolute atomic E-state index is 0.530. The van der Waals surface area contributed by atoms with E-state index in [0.717, 1.165) is 4.88 Å². The Labute approximate surface area is 61.7 Å². The molecule has 9 heavy (non-hydrogen) atoms. The molecule has 0 spiro atoms. The Hall–Kier alpha value is -0.590. The number of nitrogens with zero attached hydrogens (tertiary/aromatic N) is 2. The number of alkyl halides is 1. The molecule has 0 amide bonds. The number of halogens is 1. The second-order valence-corrected chi connectivity index (χ2v) is 2.75. The molecule has 1 aromatic heterocycles. The number of hydrogen-bond acceptors (Lipinski definition) is 3. The Bertz CT molecular complexity index is 213. The smallest absolute Gasteiger partial charge is 0.156 e. The maximum absolute atomic E-state index is 8.30. The highest BCUT2D eigenvalue weighted by Crippen LogP contribution is 2.21. The van der Waals surface area contributed by atoms with E-state index in [4.69, 9.17) is 16.9 Å². The molecule has 4 heteroatoms. The van der Waals surface area contributed by atoms with Gasteiger partial charge in [-0.1, -0.05) is 0 Å². The molecule has 0 saturated carbocycles. The largest absolute Gasteiger partial charge is 0.253 e. The third-order valence-electron chi connectivity index (χ3n) is 0.815. The minimum Gasteiger partial charge on any atom is -0.253 e. The summed E-state index contributed by atoms with van der Waals surface area (Å²) < 4.78 is 0. The number of rotatable bonds is 1. The van der Waals surface area contributed by atoms with E-state index in [9.17, 15) is 0 Å². The zero-order chi connectivity index (χ0) is 6.69. The van der Waals surface area contributed by atoms with E-state index >= 15 is 0 Å². The summed E-state index contributed by atoms with van der Waals surface area (Å²) in [5.74, 6) is 0. The van der Waals surface area contributed by atoms with Crippen LogP contribution in [0.1, 0.15) is 10.3 Å². The summed E-state index contributed by atoms with van der Waals surface area (Å²) in [6.07, 6.45) is 1.60. The average molecular weight is 159 g/mol. The molecule has 2 nitrogen and oxygen atoms in total. The Morgan fingerprint density at radius 2 is 2.67 bits per heavy atom. The van der Waals surface area contributed by atoms with Crippen LogP contribution in [0.15, 0.2) is 11.7 Å². The lowest BCUT2D eigenvalue weighted by atomic mass is 10.4. The van der Waals surface area contributed by atoms with Crippen molar-refractivity contribution in [2.45, 2.75) is 5.38 Å². The van der Waals surface area contributed by atoms with Crippen LogP contribution < -0.4 is 0 Å². The third kappa shape index (κ3) is 1.41. The molecule has 46 valence electrons. The van der Waals surface area contributed by atoms with Gasteiger partial charge in [0.2, 0.25) is 0 Å². The Kier molecular flexibility index (Phi) is 2.04. The molecule has 0 saturated heterocycles. The second kappa shape index (κ2) is 2.81. The summed E-state index contributed by atoms with van der Waals surface area (Å²) in [5.41, 5.74) is 1.65. The van der Waals surface area contributed by atoms with Crippen LogP contribution in [-0.4, -0.2) is 4.98 Å². The molecule has 0 radical (unpaired) electrons. The van der Waals surface area contributed by atoms with E-state index in [-0.39, 0.29) is 0 Å². The molecular formula is C5H3ClN2S. The van der Waals surface area contributed by atoms with Gasteiger partial charge in [0, 0.05) is 6.20 Å². The summed E-state index contributed by atoms with van der Waals surface area (Å²) in [6, 6.07) is 1.90. The van der Waals surface area contributed by atoms with E-state index in [1.807, 2.05) is 6.07 Å². The summed E-state index contributed by atoms with van der Waals surface area (Å²) in [7, 11) is 0. The lowest BCUT2D eigenvalue weighted by Crippen LogP contribution is -1.77. The van der Waals surface area contributed by atoms with Crippen LogP contribution in [-0.2, 0) is 0 Å². The third-order valence-corrected chi connectivity index (χ3v) is 2.12. The SMILES string of the molecule is N#CC(Cl)c1cncs1. The normalized spacial score (nSPS) is 12.4. The molecule has 0 aliphatic rings. The van der Waals surface area contributed by atoms with Gasteiger partial charge in [-0.3, -0.25) is 4.98 Å². The van der Waals surface area contributed by atoms with Gasteiger partial charge in [-0.2, -0.15) is 5.26 Å².